The first-order valence-corrected chi connectivity index (χ1v) is 3.36. The molecule has 1 heterocycles. The van der Waals surface area contributed by atoms with Crippen molar-refractivity contribution in [1.82, 2.24) is 4.98 Å². The van der Waals surface area contributed by atoms with Gasteiger partial charge in [-0.05, 0) is 12.1 Å². The van der Waals surface area contributed by atoms with E-state index in [0.29, 0.717) is 11.4 Å². The average molecular weight is 161 g/mol. The molecule has 4 nitrogen and oxygen atoms in total. The van der Waals surface area contributed by atoms with Crippen LogP contribution in [0.4, 0.5) is 0 Å². The Balaban J connectivity index is 2.88. The number of pyridine rings is 1. The first kappa shape index (κ1) is 8.21. The van der Waals surface area contributed by atoms with Crippen molar-refractivity contribution in [3.63, 3.8) is 0 Å². The van der Waals surface area contributed by atoms with Gasteiger partial charge in [-0.3, -0.25) is 4.79 Å². The molecule has 60 valence electrons. The number of nitriles is 1. The fourth-order valence-electron chi connectivity index (χ4n) is 0.819. The van der Waals surface area contributed by atoms with Crippen LogP contribution in [0, 0.1) is 11.3 Å². The third kappa shape index (κ3) is 2.06. The summed E-state index contributed by atoms with van der Waals surface area (Å²) in [4.78, 5) is 14.3. The van der Waals surface area contributed by atoms with Crippen molar-refractivity contribution in [2.24, 2.45) is 5.73 Å². The number of hydrogen-bond acceptors (Lipinski definition) is 3. The molecular weight excluding hydrogens is 154 g/mol. The van der Waals surface area contributed by atoms with E-state index in [1.165, 1.54) is 0 Å². The van der Waals surface area contributed by atoms with Crippen LogP contribution in [0.5, 0.6) is 0 Å². The highest BCUT2D eigenvalue weighted by Crippen LogP contribution is 1.98. The maximum atomic E-state index is 10.5. The van der Waals surface area contributed by atoms with Crippen LogP contribution in [0.25, 0.3) is 0 Å². The largest absolute Gasteiger partial charge is 0.369 e. The van der Waals surface area contributed by atoms with E-state index in [0.717, 1.165) is 0 Å². The number of nitrogens with zero attached hydrogens (tertiary/aromatic N) is 2. The normalized spacial score (nSPS) is 8.92. The second-order valence-electron chi connectivity index (χ2n) is 2.27. The first-order chi connectivity index (χ1) is 5.72. The lowest BCUT2D eigenvalue weighted by Gasteiger charge is -1.95. The maximum absolute atomic E-state index is 10.5. The molecule has 0 saturated heterocycles. The van der Waals surface area contributed by atoms with Crippen molar-refractivity contribution < 1.29 is 4.79 Å². The Hall–Kier alpha value is -1.89. The van der Waals surface area contributed by atoms with Gasteiger partial charge >= 0.3 is 0 Å². The van der Waals surface area contributed by atoms with Gasteiger partial charge in [-0.2, -0.15) is 5.26 Å². The number of hydrogen-bond donors (Lipinski definition) is 1. The smallest absolute Gasteiger partial charge is 0.223 e. The predicted octanol–water partition coefficient (Wildman–Crippen LogP) is -0.0189. The summed E-state index contributed by atoms with van der Waals surface area (Å²) in [5.41, 5.74) is 5.78. The molecule has 1 rings (SSSR count). The zero-order chi connectivity index (χ0) is 8.97. The molecular formula is C8H7N3O. The molecule has 1 amide bonds. The first-order valence-electron chi connectivity index (χ1n) is 3.36. The van der Waals surface area contributed by atoms with Crippen LogP contribution >= 0.6 is 0 Å². The molecule has 0 fully saturated rings. The standard InChI is InChI=1S/C8H7N3O/c9-5-7-3-1-2-6(11-7)4-8(10)12/h1-3H,4H2,(H2,10,12). The summed E-state index contributed by atoms with van der Waals surface area (Å²) in [6.07, 6.45) is 0.0789. The monoisotopic (exact) mass is 161 g/mol. The van der Waals surface area contributed by atoms with Crippen LogP contribution in [0.15, 0.2) is 18.2 Å². The number of carbonyl (C=O) groups is 1. The zero-order valence-electron chi connectivity index (χ0n) is 6.32. The van der Waals surface area contributed by atoms with Gasteiger partial charge in [0.1, 0.15) is 11.8 Å². The Kier molecular flexibility index (Phi) is 2.38. The van der Waals surface area contributed by atoms with Crippen LogP contribution in [-0.4, -0.2) is 10.9 Å². The van der Waals surface area contributed by atoms with Crippen molar-refractivity contribution in [3.8, 4) is 6.07 Å². The van der Waals surface area contributed by atoms with Crippen LogP contribution in [-0.2, 0) is 11.2 Å². The Morgan fingerprint density at radius 2 is 2.42 bits per heavy atom. The number of aromatic nitrogens is 1. The van der Waals surface area contributed by atoms with Gasteiger partial charge in [0.15, 0.2) is 0 Å². The molecule has 2 N–H and O–H groups in total. The van der Waals surface area contributed by atoms with E-state index in [9.17, 15) is 4.79 Å². The van der Waals surface area contributed by atoms with E-state index in [1.54, 1.807) is 18.2 Å². The minimum absolute atomic E-state index is 0.0789. The van der Waals surface area contributed by atoms with Gasteiger partial charge in [0, 0.05) is 0 Å². The molecule has 0 saturated carbocycles. The molecule has 1 aromatic rings. The zero-order valence-corrected chi connectivity index (χ0v) is 6.32. The lowest BCUT2D eigenvalue weighted by Crippen LogP contribution is -2.14. The molecule has 0 aliphatic rings. The minimum Gasteiger partial charge on any atom is -0.369 e. The van der Waals surface area contributed by atoms with Crippen molar-refractivity contribution in [3.05, 3.63) is 29.6 Å². The predicted molar refractivity (Wildman–Crippen MR) is 41.9 cm³/mol. The van der Waals surface area contributed by atoms with Crippen molar-refractivity contribution in [2.75, 3.05) is 0 Å². The van der Waals surface area contributed by atoms with E-state index in [-0.39, 0.29) is 6.42 Å². The van der Waals surface area contributed by atoms with E-state index >= 15 is 0 Å². The molecule has 0 atom stereocenters. The molecule has 0 spiro atoms. The van der Waals surface area contributed by atoms with Crippen LogP contribution < -0.4 is 5.73 Å². The highest BCUT2D eigenvalue weighted by Gasteiger charge is 1.99. The second-order valence-corrected chi connectivity index (χ2v) is 2.27. The van der Waals surface area contributed by atoms with E-state index < -0.39 is 5.91 Å². The topological polar surface area (TPSA) is 79.8 Å². The van der Waals surface area contributed by atoms with Gasteiger partial charge in [0.2, 0.25) is 5.91 Å². The average Bonchev–Trinajstić information content (AvgIpc) is 2.03. The molecule has 0 aliphatic heterocycles. The third-order valence-electron chi connectivity index (χ3n) is 1.28. The number of rotatable bonds is 2. The second kappa shape index (κ2) is 3.49. The van der Waals surface area contributed by atoms with Crippen molar-refractivity contribution in [2.45, 2.75) is 6.42 Å². The summed E-state index contributed by atoms with van der Waals surface area (Å²) in [5.74, 6) is -0.447. The molecule has 4 heteroatoms. The van der Waals surface area contributed by atoms with Gasteiger partial charge in [-0.25, -0.2) is 4.98 Å². The van der Waals surface area contributed by atoms with Gasteiger partial charge in [-0.15, -0.1) is 0 Å². The number of primary amides is 1. The Morgan fingerprint density at radius 3 is 3.00 bits per heavy atom. The summed E-state index contributed by atoms with van der Waals surface area (Å²) >= 11 is 0. The highest BCUT2D eigenvalue weighted by molar-refractivity contribution is 5.76. The van der Waals surface area contributed by atoms with Gasteiger partial charge in [-0.1, -0.05) is 6.07 Å². The van der Waals surface area contributed by atoms with E-state index in [1.807, 2.05) is 6.07 Å². The highest BCUT2D eigenvalue weighted by atomic mass is 16.1. The minimum atomic E-state index is -0.447. The van der Waals surface area contributed by atoms with Crippen LogP contribution in [0.3, 0.4) is 0 Å². The lowest BCUT2D eigenvalue weighted by molar-refractivity contribution is -0.117. The maximum Gasteiger partial charge on any atom is 0.223 e. The Morgan fingerprint density at radius 1 is 1.67 bits per heavy atom. The quantitative estimate of drug-likeness (QED) is 0.662. The molecule has 1 aromatic heterocycles. The number of nitrogens with two attached hydrogens (primary N) is 1. The van der Waals surface area contributed by atoms with E-state index in [2.05, 4.69) is 4.98 Å². The van der Waals surface area contributed by atoms with Gasteiger partial charge in [0.05, 0.1) is 12.1 Å². The summed E-state index contributed by atoms with van der Waals surface area (Å²) < 4.78 is 0. The van der Waals surface area contributed by atoms with Crippen molar-refractivity contribution in [1.29, 1.82) is 5.26 Å². The number of carbonyl (C=O) groups excluding carboxylic acids is 1. The van der Waals surface area contributed by atoms with Gasteiger partial charge in [0.25, 0.3) is 0 Å². The summed E-state index contributed by atoms with van der Waals surface area (Å²) in [6, 6.07) is 6.78. The van der Waals surface area contributed by atoms with E-state index in [4.69, 9.17) is 11.0 Å². The molecule has 0 aliphatic carbocycles. The molecule has 0 unspecified atom stereocenters. The fraction of sp³-hybridized carbons (Fsp3) is 0.125. The molecule has 0 aromatic carbocycles. The molecule has 0 bridgehead atoms. The fourth-order valence-corrected chi connectivity index (χ4v) is 0.819. The summed E-state index contributed by atoms with van der Waals surface area (Å²) in [7, 11) is 0. The lowest BCUT2D eigenvalue weighted by atomic mass is 10.2. The number of amides is 1. The third-order valence-corrected chi connectivity index (χ3v) is 1.28. The van der Waals surface area contributed by atoms with Crippen LogP contribution in [0.2, 0.25) is 0 Å². The Bertz CT molecular complexity index is 340. The van der Waals surface area contributed by atoms with Crippen LogP contribution in [0.1, 0.15) is 11.4 Å². The summed E-state index contributed by atoms with van der Waals surface area (Å²) in [5, 5.41) is 8.47. The summed E-state index contributed by atoms with van der Waals surface area (Å²) in [6.45, 7) is 0. The molecule has 12 heavy (non-hydrogen) atoms. The Labute approximate surface area is 69.6 Å². The van der Waals surface area contributed by atoms with Crippen molar-refractivity contribution >= 4 is 5.91 Å². The molecule has 0 radical (unpaired) electrons. The SMILES string of the molecule is N#Cc1cccc(CC(N)=O)n1. The van der Waals surface area contributed by atoms with Gasteiger partial charge < -0.3 is 5.73 Å².